The van der Waals surface area contributed by atoms with Crippen LogP contribution < -0.4 is 16.0 Å². The molecular weight excluding hydrogens is 371 g/mol. The molecule has 5 nitrogen and oxygen atoms in total. The Bertz CT molecular complexity index is 881. The van der Waals surface area contributed by atoms with Gasteiger partial charge < -0.3 is 16.0 Å². The van der Waals surface area contributed by atoms with Gasteiger partial charge in [-0.05, 0) is 49.2 Å². The molecule has 2 atom stereocenters. The number of carbonyl (C=O) groups is 2. The number of fused-ring (bicyclic) bond motifs is 1. The van der Waals surface area contributed by atoms with Crippen molar-refractivity contribution in [2.24, 2.45) is 5.73 Å². The third-order valence-corrected chi connectivity index (χ3v) is 4.88. The molecule has 0 fully saturated rings. The van der Waals surface area contributed by atoms with Gasteiger partial charge in [0.2, 0.25) is 11.8 Å². The van der Waals surface area contributed by atoms with Crippen molar-refractivity contribution in [3.05, 3.63) is 59.7 Å². The molecule has 0 unspecified atom stereocenters. The lowest BCUT2D eigenvalue weighted by molar-refractivity contribution is -0.137. The van der Waals surface area contributed by atoms with Crippen LogP contribution in [0.5, 0.6) is 0 Å². The van der Waals surface area contributed by atoms with E-state index >= 15 is 0 Å². The van der Waals surface area contributed by atoms with Crippen LogP contribution >= 0.6 is 0 Å². The molecule has 8 heteroatoms. The number of alkyl halides is 3. The molecule has 1 aliphatic heterocycles. The largest absolute Gasteiger partial charge is 0.416 e. The van der Waals surface area contributed by atoms with Crippen molar-refractivity contribution in [1.82, 2.24) is 0 Å². The Labute approximate surface area is 160 Å². The molecule has 1 aliphatic rings. The predicted molar refractivity (Wildman–Crippen MR) is 99.9 cm³/mol. The van der Waals surface area contributed by atoms with E-state index in [1.165, 1.54) is 12.1 Å². The van der Waals surface area contributed by atoms with E-state index in [-0.39, 0.29) is 24.2 Å². The van der Waals surface area contributed by atoms with Gasteiger partial charge in [0.15, 0.2) is 0 Å². The second-order valence-electron chi connectivity index (χ2n) is 6.85. The summed E-state index contributed by atoms with van der Waals surface area (Å²) in [5.74, 6) is -1.19. The van der Waals surface area contributed by atoms with E-state index in [0.29, 0.717) is 6.42 Å². The lowest BCUT2D eigenvalue weighted by Gasteiger charge is -2.39. The molecule has 0 saturated carbocycles. The summed E-state index contributed by atoms with van der Waals surface area (Å²) < 4.78 is 37.9. The highest BCUT2D eigenvalue weighted by Gasteiger charge is 2.34. The molecule has 3 rings (SSSR count). The molecule has 28 heavy (non-hydrogen) atoms. The van der Waals surface area contributed by atoms with Gasteiger partial charge in [-0.3, -0.25) is 9.59 Å². The van der Waals surface area contributed by atoms with Gasteiger partial charge in [-0.15, -0.1) is 0 Å². The molecule has 3 N–H and O–H groups in total. The first-order chi connectivity index (χ1) is 13.2. The molecule has 0 aliphatic carbocycles. The summed E-state index contributed by atoms with van der Waals surface area (Å²) >= 11 is 0. The maximum atomic E-state index is 12.6. The van der Waals surface area contributed by atoms with E-state index in [1.807, 2.05) is 36.1 Å². The molecule has 0 bridgehead atoms. The number of hydrogen-bond donors (Lipinski definition) is 2. The van der Waals surface area contributed by atoms with Crippen molar-refractivity contribution in [2.75, 3.05) is 16.8 Å². The average molecular weight is 391 g/mol. The minimum Gasteiger partial charge on any atom is -0.369 e. The fourth-order valence-corrected chi connectivity index (χ4v) is 3.48. The normalized spacial score (nSPS) is 19.1. The molecule has 0 saturated heterocycles. The molecule has 148 valence electrons. The monoisotopic (exact) mass is 391 g/mol. The average Bonchev–Trinajstić information content (AvgIpc) is 2.63. The number of nitrogens with two attached hydrogens (primary N) is 1. The summed E-state index contributed by atoms with van der Waals surface area (Å²) in [6, 6.07) is 11.4. The number of carbonyl (C=O) groups excluding carboxylic acids is 2. The molecule has 2 aromatic carbocycles. The molecule has 2 amide bonds. The van der Waals surface area contributed by atoms with Gasteiger partial charge in [-0.2, -0.15) is 13.2 Å². The van der Waals surface area contributed by atoms with Gasteiger partial charge in [-0.25, -0.2) is 0 Å². The highest BCUT2D eigenvalue weighted by molar-refractivity contribution is 5.95. The van der Waals surface area contributed by atoms with Crippen molar-refractivity contribution in [3.63, 3.8) is 0 Å². The third kappa shape index (κ3) is 4.11. The van der Waals surface area contributed by atoms with E-state index in [9.17, 15) is 22.8 Å². The number of halogens is 3. The summed E-state index contributed by atoms with van der Waals surface area (Å²) in [7, 11) is 0. The highest BCUT2D eigenvalue weighted by atomic mass is 19.4. The van der Waals surface area contributed by atoms with Crippen LogP contribution in [0.3, 0.4) is 0 Å². The van der Waals surface area contributed by atoms with Crippen LogP contribution in [0.1, 0.15) is 30.4 Å². The van der Waals surface area contributed by atoms with Crippen LogP contribution in [0.25, 0.3) is 0 Å². The van der Waals surface area contributed by atoms with E-state index in [2.05, 4.69) is 5.32 Å². The zero-order chi connectivity index (χ0) is 20.5. The van der Waals surface area contributed by atoms with Gasteiger partial charge in [-0.1, -0.05) is 18.2 Å². The summed E-state index contributed by atoms with van der Waals surface area (Å²) in [5.41, 5.74) is 6.56. The molecule has 2 aromatic rings. The number of hydrogen-bond acceptors (Lipinski definition) is 3. The summed E-state index contributed by atoms with van der Waals surface area (Å²) in [4.78, 5) is 26.1. The van der Waals surface area contributed by atoms with Crippen LogP contribution in [0.4, 0.5) is 24.5 Å². The minimum absolute atomic E-state index is 0.00465. The number of nitrogens with zero attached hydrogens (tertiary/aromatic N) is 1. The van der Waals surface area contributed by atoms with Gasteiger partial charge in [0.25, 0.3) is 0 Å². The van der Waals surface area contributed by atoms with E-state index in [0.717, 1.165) is 23.4 Å². The Hall–Kier alpha value is -3.03. The molecule has 1 heterocycles. The number of nitrogens with one attached hydrogen (secondary N) is 1. The van der Waals surface area contributed by atoms with Gasteiger partial charge in [0.1, 0.15) is 0 Å². The van der Waals surface area contributed by atoms with Gasteiger partial charge in [0, 0.05) is 17.4 Å². The zero-order valence-corrected chi connectivity index (χ0v) is 15.2. The fraction of sp³-hybridized carbons (Fsp3) is 0.300. The van der Waals surface area contributed by atoms with Crippen molar-refractivity contribution in [1.29, 1.82) is 0 Å². The van der Waals surface area contributed by atoms with Crippen LogP contribution in [-0.4, -0.2) is 24.4 Å². The third-order valence-electron chi connectivity index (χ3n) is 4.88. The highest BCUT2D eigenvalue weighted by Crippen LogP contribution is 2.38. The van der Waals surface area contributed by atoms with Crippen LogP contribution in [-0.2, 0) is 15.8 Å². The number of rotatable bonds is 4. The fourth-order valence-electron chi connectivity index (χ4n) is 3.48. The van der Waals surface area contributed by atoms with E-state index in [1.54, 1.807) is 0 Å². The Kier molecular flexibility index (Phi) is 5.31. The number of primary amides is 1. The lowest BCUT2D eigenvalue weighted by atomic mass is 9.85. The van der Waals surface area contributed by atoms with Crippen molar-refractivity contribution in [2.45, 2.75) is 31.5 Å². The topological polar surface area (TPSA) is 75.4 Å². The number of amides is 2. The zero-order valence-electron chi connectivity index (χ0n) is 15.2. The second-order valence-corrected chi connectivity index (χ2v) is 6.85. The van der Waals surface area contributed by atoms with Crippen molar-refractivity contribution >= 4 is 23.2 Å². The Balaban J connectivity index is 1.74. The molecular formula is C20H20F3N3O2. The SMILES string of the molecule is C[C@@H]1C[C@H](C(N)=O)c2ccccc2N1CC(=O)Nc1ccc(C(F)(F)F)cc1. The van der Waals surface area contributed by atoms with E-state index < -0.39 is 23.6 Å². The molecule has 0 radical (unpaired) electrons. The first kappa shape index (κ1) is 19.7. The maximum absolute atomic E-state index is 12.6. The first-order valence-corrected chi connectivity index (χ1v) is 8.79. The van der Waals surface area contributed by atoms with Gasteiger partial charge >= 0.3 is 6.18 Å². The summed E-state index contributed by atoms with van der Waals surface area (Å²) in [6.45, 7) is 1.90. The lowest BCUT2D eigenvalue weighted by Crippen LogP contribution is -2.45. The van der Waals surface area contributed by atoms with Crippen molar-refractivity contribution in [3.8, 4) is 0 Å². The van der Waals surface area contributed by atoms with Crippen LogP contribution in [0, 0.1) is 0 Å². The van der Waals surface area contributed by atoms with Crippen LogP contribution in [0.15, 0.2) is 48.5 Å². The summed E-state index contributed by atoms with van der Waals surface area (Å²) in [5, 5.41) is 2.61. The number of para-hydroxylation sites is 1. The number of benzene rings is 2. The summed E-state index contributed by atoms with van der Waals surface area (Å²) in [6.07, 6.45) is -3.94. The Morgan fingerprint density at radius 3 is 2.39 bits per heavy atom. The smallest absolute Gasteiger partial charge is 0.369 e. The van der Waals surface area contributed by atoms with Crippen LogP contribution in [0.2, 0.25) is 0 Å². The minimum atomic E-state index is -4.42. The second kappa shape index (κ2) is 7.53. The Morgan fingerprint density at radius 1 is 1.14 bits per heavy atom. The molecule has 0 spiro atoms. The number of anilines is 2. The standard InChI is InChI=1S/C20H20F3N3O2/c1-12-10-16(19(24)28)15-4-2-3-5-17(15)26(12)11-18(27)25-14-8-6-13(7-9-14)20(21,22)23/h2-9,12,16H,10-11H2,1H3,(H2,24,28)(H,25,27)/t12-,16+/m1/s1. The van der Waals surface area contributed by atoms with Gasteiger partial charge in [0.05, 0.1) is 18.0 Å². The first-order valence-electron chi connectivity index (χ1n) is 8.79. The van der Waals surface area contributed by atoms with E-state index in [4.69, 9.17) is 5.73 Å². The predicted octanol–water partition coefficient (Wildman–Crippen LogP) is 3.51. The maximum Gasteiger partial charge on any atom is 0.416 e. The quantitative estimate of drug-likeness (QED) is 0.838. The molecule has 0 aromatic heterocycles. The van der Waals surface area contributed by atoms with Crippen molar-refractivity contribution < 1.29 is 22.8 Å². The Morgan fingerprint density at radius 2 is 1.79 bits per heavy atom.